The second-order valence-electron chi connectivity index (χ2n) is 8.33. The summed E-state index contributed by atoms with van der Waals surface area (Å²) in [5.41, 5.74) is 3.31. The summed E-state index contributed by atoms with van der Waals surface area (Å²) in [6.07, 6.45) is 0. The van der Waals surface area contributed by atoms with Crippen LogP contribution in [0, 0.1) is 0 Å². The topological polar surface area (TPSA) is 48.5 Å². The smallest absolute Gasteiger partial charge is 0.302 e. The van der Waals surface area contributed by atoms with Crippen LogP contribution >= 0.6 is 11.8 Å². The average molecular weight is 442 g/mol. The molecule has 0 fully saturated rings. The van der Waals surface area contributed by atoms with Gasteiger partial charge >= 0.3 is 6.55 Å². The molecule has 0 spiro atoms. The molecule has 8 heteroatoms. The van der Waals surface area contributed by atoms with Gasteiger partial charge in [0, 0.05) is 12.1 Å². The molecular formula is C23H25F2N5S. The standard InChI is InChI=1S/C23H25F2N5S/c1-5-29-20(15-10-12-16(13-11-15)23(2,3)4)27-28-22(29)31-14-19-26-17-8-6-7-9-18(17)30(19)21(24)25/h6-13,21H,5,14H2,1-4H3. The van der Waals surface area contributed by atoms with Crippen LogP contribution in [0.25, 0.3) is 22.4 Å². The molecule has 0 aliphatic rings. The highest BCUT2D eigenvalue weighted by atomic mass is 32.2. The molecule has 2 aromatic heterocycles. The minimum absolute atomic E-state index is 0.0775. The maximum atomic E-state index is 13.7. The zero-order valence-corrected chi connectivity index (χ0v) is 18.8. The predicted octanol–water partition coefficient (Wildman–Crippen LogP) is 6.30. The van der Waals surface area contributed by atoms with Crippen molar-refractivity contribution in [3.8, 4) is 11.4 Å². The second-order valence-corrected chi connectivity index (χ2v) is 9.27. The number of para-hydroxylation sites is 2. The van der Waals surface area contributed by atoms with Crippen molar-refractivity contribution in [2.24, 2.45) is 0 Å². The SMILES string of the molecule is CCn1c(SCc2nc3ccccc3n2C(F)F)nnc1-c1ccc(C(C)(C)C)cc1. The lowest BCUT2D eigenvalue weighted by atomic mass is 9.87. The van der Waals surface area contributed by atoms with Gasteiger partial charge in [-0.2, -0.15) is 8.78 Å². The quantitative estimate of drug-likeness (QED) is 0.330. The van der Waals surface area contributed by atoms with Crippen molar-refractivity contribution in [3.63, 3.8) is 0 Å². The Hall–Kier alpha value is -2.74. The fourth-order valence-electron chi connectivity index (χ4n) is 3.56. The van der Waals surface area contributed by atoms with Gasteiger partial charge in [-0.1, -0.05) is 68.9 Å². The summed E-state index contributed by atoms with van der Waals surface area (Å²) >= 11 is 1.37. The highest BCUT2D eigenvalue weighted by molar-refractivity contribution is 7.98. The average Bonchev–Trinajstić information content (AvgIpc) is 3.32. The van der Waals surface area contributed by atoms with Crippen LogP contribution in [0.3, 0.4) is 0 Å². The van der Waals surface area contributed by atoms with Gasteiger partial charge in [0.05, 0.1) is 16.8 Å². The fraction of sp³-hybridized carbons (Fsp3) is 0.348. The number of fused-ring (bicyclic) bond motifs is 1. The van der Waals surface area contributed by atoms with E-state index in [0.717, 1.165) is 16.0 Å². The van der Waals surface area contributed by atoms with Crippen molar-refractivity contribution < 1.29 is 8.78 Å². The Morgan fingerprint density at radius 3 is 2.35 bits per heavy atom. The minimum Gasteiger partial charge on any atom is -0.302 e. The third-order valence-corrected chi connectivity index (χ3v) is 6.20. The van der Waals surface area contributed by atoms with Crippen LogP contribution in [0.15, 0.2) is 53.7 Å². The number of hydrogen-bond donors (Lipinski definition) is 0. The number of alkyl halides is 2. The van der Waals surface area contributed by atoms with E-state index >= 15 is 0 Å². The molecule has 0 radical (unpaired) electrons. The Kier molecular flexibility index (Phi) is 5.83. The lowest BCUT2D eigenvalue weighted by Gasteiger charge is -2.19. The zero-order valence-electron chi connectivity index (χ0n) is 18.0. The summed E-state index contributed by atoms with van der Waals surface area (Å²) in [5, 5.41) is 9.39. The van der Waals surface area contributed by atoms with Gasteiger partial charge in [-0.05, 0) is 30.0 Å². The van der Waals surface area contributed by atoms with Crippen LogP contribution in [-0.4, -0.2) is 24.3 Å². The molecule has 0 saturated carbocycles. The lowest BCUT2D eigenvalue weighted by Crippen LogP contribution is -2.10. The first kappa shape index (κ1) is 21.5. The summed E-state index contributed by atoms with van der Waals surface area (Å²) in [6, 6.07) is 15.3. The third-order valence-electron chi connectivity index (χ3n) is 5.24. The van der Waals surface area contributed by atoms with Crippen molar-refractivity contribution in [1.29, 1.82) is 0 Å². The normalized spacial score (nSPS) is 12.2. The lowest BCUT2D eigenvalue weighted by molar-refractivity contribution is 0.0722. The van der Waals surface area contributed by atoms with Gasteiger partial charge in [0.1, 0.15) is 5.82 Å². The summed E-state index contributed by atoms with van der Waals surface area (Å²) in [5.74, 6) is 1.37. The number of aromatic nitrogens is 5. The Morgan fingerprint density at radius 1 is 1.00 bits per heavy atom. The van der Waals surface area contributed by atoms with Gasteiger partial charge in [0.2, 0.25) is 0 Å². The number of halogens is 2. The molecule has 0 saturated heterocycles. The van der Waals surface area contributed by atoms with Gasteiger partial charge in [-0.3, -0.25) is 4.57 Å². The summed E-state index contributed by atoms with van der Waals surface area (Å²) in [6.45, 7) is 6.59. The second kappa shape index (κ2) is 8.42. The molecule has 31 heavy (non-hydrogen) atoms. The van der Waals surface area contributed by atoms with Crippen molar-refractivity contribution in [3.05, 3.63) is 59.9 Å². The number of nitrogens with zero attached hydrogens (tertiary/aromatic N) is 5. The van der Waals surface area contributed by atoms with Crippen molar-refractivity contribution in [2.75, 3.05) is 0 Å². The molecule has 4 aromatic rings. The summed E-state index contributed by atoms with van der Waals surface area (Å²) in [7, 11) is 0. The number of benzene rings is 2. The first-order valence-corrected chi connectivity index (χ1v) is 11.2. The van der Waals surface area contributed by atoms with E-state index in [1.54, 1.807) is 24.3 Å². The van der Waals surface area contributed by atoms with Gasteiger partial charge in [0.15, 0.2) is 11.0 Å². The van der Waals surface area contributed by atoms with Crippen LogP contribution in [0.5, 0.6) is 0 Å². The van der Waals surface area contributed by atoms with E-state index in [1.807, 2.05) is 11.5 Å². The van der Waals surface area contributed by atoms with Gasteiger partial charge in [0.25, 0.3) is 0 Å². The number of thioether (sulfide) groups is 1. The molecular weight excluding hydrogens is 416 g/mol. The third kappa shape index (κ3) is 4.21. The first-order valence-electron chi connectivity index (χ1n) is 10.2. The Morgan fingerprint density at radius 2 is 1.71 bits per heavy atom. The molecule has 0 N–H and O–H groups in total. The molecule has 0 bridgehead atoms. The molecule has 0 aliphatic carbocycles. The van der Waals surface area contributed by atoms with Crippen molar-refractivity contribution >= 4 is 22.8 Å². The Labute approximate surface area is 184 Å². The van der Waals surface area contributed by atoms with Crippen LogP contribution < -0.4 is 0 Å². The van der Waals surface area contributed by atoms with Crippen molar-refractivity contribution in [1.82, 2.24) is 24.3 Å². The maximum absolute atomic E-state index is 13.7. The number of imidazole rings is 1. The molecule has 2 aromatic carbocycles. The number of rotatable bonds is 6. The molecule has 4 rings (SSSR count). The first-order chi connectivity index (χ1) is 14.8. The van der Waals surface area contributed by atoms with E-state index in [0.29, 0.717) is 28.6 Å². The molecule has 162 valence electrons. The van der Waals surface area contributed by atoms with Crippen LogP contribution in [0.2, 0.25) is 0 Å². The van der Waals surface area contributed by atoms with E-state index in [9.17, 15) is 8.78 Å². The monoisotopic (exact) mass is 441 g/mol. The minimum atomic E-state index is -2.65. The van der Waals surface area contributed by atoms with Crippen molar-refractivity contribution in [2.45, 2.75) is 57.1 Å². The van der Waals surface area contributed by atoms with Crippen LogP contribution in [0.4, 0.5) is 8.78 Å². The molecule has 5 nitrogen and oxygen atoms in total. The van der Waals surface area contributed by atoms with E-state index < -0.39 is 6.55 Å². The largest absolute Gasteiger partial charge is 0.320 e. The fourth-order valence-corrected chi connectivity index (χ4v) is 4.49. The van der Waals surface area contributed by atoms with Gasteiger partial charge < -0.3 is 4.57 Å². The number of hydrogen-bond acceptors (Lipinski definition) is 4. The van der Waals surface area contributed by atoms with Gasteiger partial charge in [-0.15, -0.1) is 10.2 Å². The Balaban J connectivity index is 1.61. The van der Waals surface area contributed by atoms with Gasteiger partial charge in [-0.25, -0.2) is 4.98 Å². The predicted molar refractivity (Wildman–Crippen MR) is 120 cm³/mol. The Bertz CT molecular complexity index is 1190. The molecule has 2 heterocycles. The maximum Gasteiger partial charge on any atom is 0.320 e. The molecule has 0 unspecified atom stereocenters. The van der Waals surface area contributed by atoms with E-state index in [1.165, 1.54) is 17.3 Å². The molecule has 0 atom stereocenters. The highest BCUT2D eigenvalue weighted by Gasteiger charge is 2.20. The van der Waals surface area contributed by atoms with Crippen LogP contribution in [0.1, 0.15) is 45.6 Å². The van der Waals surface area contributed by atoms with Crippen LogP contribution in [-0.2, 0) is 17.7 Å². The summed E-state index contributed by atoms with van der Waals surface area (Å²) < 4.78 is 30.4. The molecule has 0 aliphatic heterocycles. The summed E-state index contributed by atoms with van der Waals surface area (Å²) in [4.78, 5) is 4.41. The van der Waals surface area contributed by atoms with E-state index in [-0.39, 0.29) is 11.2 Å². The zero-order chi connectivity index (χ0) is 22.2. The van der Waals surface area contributed by atoms with E-state index in [4.69, 9.17) is 0 Å². The van der Waals surface area contributed by atoms with E-state index in [2.05, 4.69) is 60.2 Å². The highest BCUT2D eigenvalue weighted by Crippen LogP contribution is 2.31. The molecule has 0 amide bonds.